The highest BCUT2D eigenvalue weighted by atomic mass is 16.5. The van der Waals surface area contributed by atoms with E-state index in [0.29, 0.717) is 12.1 Å². The molecule has 0 atom stereocenters. The predicted molar refractivity (Wildman–Crippen MR) is 88.1 cm³/mol. The van der Waals surface area contributed by atoms with Crippen LogP contribution in [0.1, 0.15) is 15.9 Å². The van der Waals surface area contributed by atoms with E-state index in [2.05, 4.69) is 5.32 Å². The number of benzene rings is 3. The lowest BCUT2D eigenvalue weighted by Crippen LogP contribution is -2.23. The van der Waals surface area contributed by atoms with Gasteiger partial charge in [-0.1, -0.05) is 48.5 Å². The van der Waals surface area contributed by atoms with Crippen molar-refractivity contribution in [2.45, 2.75) is 6.54 Å². The topological polar surface area (TPSA) is 38.3 Å². The highest BCUT2D eigenvalue weighted by Gasteiger charge is 2.08. The second-order valence-corrected chi connectivity index (χ2v) is 5.06. The molecular formula is C19H17NO2. The molecule has 3 heteroatoms. The monoisotopic (exact) mass is 291 g/mol. The summed E-state index contributed by atoms with van der Waals surface area (Å²) in [4.78, 5) is 12.3. The predicted octanol–water partition coefficient (Wildman–Crippen LogP) is 3.78. The summed E-state index contributed by atoms with van der Waals surface area (Å²) in [7, 11) is 1.63. The second kappa shape index (κ2) is 6.31. The summed E-state index contributed by atoms with van der Waals surface area (Å²) in [6.45, 7) is 0.440. The quantitative estimate of drug-likeness (QED) is 0.794. The molecule has 0 saturated carbocycles. The minimum Gasteiger partial charge on any atom is -0.496 e. The van der Waals surface area contributed by atoms with E-state index in [4.69, 9.17) is 4.74 Å². The van der Waals surface area contributed by atoms with Crippen molar-refractivity contribution in [3.63, 3.8) is 0 Å². The lowest BCUT2D eigenvalue weighted by molar-refractivity contribution is 0.0951. The normalized spacial score (nSPS) is 10.4. The van der Waals surface area contributed by atoms with Crippen LogP contribution in [0, 0.1) is 0 Å². The molecular weight excluding hydrogens is 274 g/mol. The van der Waals surface area contributed by atoms with Gasteiger partial charge in [0.2, 0.25) is 0 Å². The number of hydrogen-bond acceptors (Lipinski definition) is 2. The smallest absolute Gasteiger partial charge is 0.251 e. The molecule has 0 aromatic heterocycles. The van der Waals surface area contributed by atoms with Crippen LogP contribution in [0.4, 0.5) is 0 Å². The van der Waals surface area contributed by atoms with Crippen LogP contribution < -0.4 is 10.1 Å². The molecule has 1 amide bonds. The third-order valence-corrected chi connectivity index (χ3v) is 3.64. The summed E-state index contributed by atoms with van der Waals surface area (Å²) in [6, 6.07) is 21.4. The van der Waals surface area contributed by atoms with Crippen molar-refractivity contribution in [3.8, 4) is 5.75 Å². The number of rotatable bonds is 4. The Morgan fingerprint density at radius 3 is 2.50 bits per heavy atom. The lowest BCUT2D eigenvalue weighted by Gasteiger charge is -2.10. The van der Waals surface area contributed by atoms with Crippen LogP contribution in [0.2, 0.25) is 0 Å². The summed E-state index contributed by atoms with van der Waals surface area (Å²) in [5.41, 5.74) is 1.62. The van der Waals surface area contributed by atoms with Crippen molar-refractivity contribution in [1.82, 2.24) is 5.32 Å². The zero-order valence-corrected chi connectivity index (χ0v) is 12.4. The van der Waals surface area contributed by atoms with Gasteiger partial charge in [0.05, 0.1) is 7.11 Å². The Hall–Kier alpha value is -2.81. The molecule has 3 aromatic carbocycles. The number of hydrogen-bond donors (Lipinski definition) is 1. The van der Waals surface area contributed by atoms with Gasteiger partial charge < -0.3 is 10.1 Å². The van der Waals surface area contributed by atoms with Gasteiger partial charge in [-0.25, -0.2) is 0 Å². The lowest BCUT2D eigenvalue weighted by atomic mass is 10.1. The Kier molecular flexibility index (Phi) is 4.05. The summed E-state index contributed by atoms with van der Waals surface area (Å²) in [6.07, 6.45) is 0. The molecule has 0 aliphatic carbocycles. The summed E-state index contributed by atoms with van der Waals surface area (Å²) >= 11 is 0. The summed E-state index contributed by atoms with van der Waals surface area (Å²) in [5.74, 6) is 0.693. The van der Waals surface area contributed by atoms with Crippen molar-refractivity contribution in [3.05, 3.63) is 77.9 Å². The fraction of sp³-hybridized carbons (Fsp3) is 0.105. The number of para-hydroxylation sites is 1. The van der Waals surface area contributed by atoms with Gasteiger partial charge in [0.25, 0.3) is 5.91 Å². The number of carbonyl (C=O) groups is 1. The van der Waals surface area contributed by atoms with E-state index in [-0.39, 0.29) is 5.91 Å². The number of methoxy groups -OCH3 is 1. The molecule has 0 heterocycles. The van der Waals surface area contributed by atoms with E-state index in [1.54, 1.807) is 7.11 Å². The van der Waals surface area contributed by atoms with Gasteiger partial charge in [-0.15, -0.1) is 0 Å². The SMILES string of the molecule is COc1ccccc1CNC(=O)c1ccc2ccccc2c1. The summed E-state index contributed by atoms with van der Waals surface area (Å²) < 4.78 is 5.29. The number of fused-ring (bicyclic) bond motifs is 1. The number of nitrogens with one attached hydrogen (secondary N) is 1. The van der Waals surface area contributed by atoms with Crippen LogP contribution >= 0.6 is 0 Å². The Morgan fingerprint density at radius 2 is 1.68 bits per heavy atom. The first-order chi connectivity index (χ1) is 10.8. The largest absolute Gasteiger partial charge is 0.496 e. The van der Waals surface area contributed by atoms with Gasteiger partial charge in [-0.05, 0) is 29.0 Å². The molecule has 3 rings (SSSR count). The first-order valence-electron chi connectivity index (χ1n) is 7.17. The highest BCUT2D eigenvalue weighted by Crippen LogP contribution is 2.18. The molecule has 110 valence electrons. The zero-order valence-electron chi connectivity index (χ0n) is 12.4. The first kappa shape index (κ1) is 14.1. The average Bonchev–Trinajstić information content (AvgIpc) is 2.59. The molecule has 0 bridgehead atoms. The number of amides is 1. The molecule has 3 nitrogen and oxygen atoms in total. The molecule has 0 spiro atoms. The third-order valence-electron chi connectivity index (χ3n) is 3.64. The Bertz CT molecular complexity index is 811. The van der Waals surface area contributed by atoms with Crippen molar-refractivity contribution in [2.24, 2.45) is 0 Å². The van der Waals surface area contributed by atoms with E-state index < -0.39 is 0 Å². The maximum atomic E-state index is 12.3. The third kappa shape index (κ3) is 2.93. The van der Waals surface area contributed by atoms with Gasteiger partial charge in [0.15, 0.2) is 0 Å². The van der Waals surface area contributed by atoms with Gasteiger partial charge in [-0.3, -0.25) is 4.79 Å². The standard InChI is InChI=1S/C19H17NO2/c1-22-18-9-5-4-8-17(18)13-20-19(21)16-11-10-14-6-2-3-7-15(14)12-16/h2-12H,13H2,1H3,(H,20,21). The minimum atomic E-state index is -0.0864. The Morgan fingerprint density at radius 1 is 0.955 bits per heavy atom. The average molecular weight is 291 g/mol. The molecule has 0 saturated heterocycles. The number of ether oxygens (including phenoxy) is 1. The van der Waals surface area contributed by atoms with Crippen molar-refractivity contribution in [1.29, 1.82) is 0 Å². The van der Waals surface area contributed by atoms with E-state index >= 15 is 0 Å². The number of carbonyl (C=O) groups excluding carboxylic acids is 1. The van der Waals surface area contributed by atoms with Crippen LogP contribution in [0.25, 0.3) is 10.8 Å². The fourth-order valence-corrected chi connectivity index (χ4v) is 2.46. The van der Waals surface area contributed by atoms with E-state index in [9.17, 15) is 4.79 Å². The molecule has 1 N–H and O–H groups in total. The first-order valence-corrected chi connectivity index (χ1v) is 7.17. The molecule has 0 aliphatic heterocycles. The fourth-order valence-electron chi connectivity index (χ4n) is 2.46. The van der Waals surface area contributed by atoms with Crippen LogP contribution in [-0.4, -0.2) is 13.0 Å². The van der Waals surface area contributed by atoms with Gasteiger partial charge in [0.1, 0.15) is 5.75 Å². The van der Waals surface area contributed by atoms with Crippen LogP contribution in [0.15, 0.2) is 66.7 Å². The van der Waals surface area contributed by atoms with Crippen molar-refractivity contribution >= 4 is 16.7 Å². The van der Waals surface area contributed by atoms with Gasteiger partial charge in [0, 0.05) is 17.7 Å². The molecule has 22 heavy (non-hydrogen) atoms. The zero-order chi connectivity index (χ0) is 15.4. The highest BCUT2D eigenvalue weighted by molar-refractivity contribution is 5.98. The van der Waals surface area contributed by atoms with Crippen LogP contribution in [0.5, 0.6) is 5.75 Å². The van der Waals surface area contributed by atoms with E-state index in [1.165, 1.54) is 0 Å². The van der Waals surface area contributed by atoms with Crippen molar-refractivity contribution in [2.75, 3.05) is 7.11 Å². The van der Waals surface area contributed by atoms with Crippen molar-refractivity contribution < 1.29 is 9.53 Å². The molecule has 0 aliphatic rings. The molecule has 0 fully saturated rings. The summed E-state index contributed by atoms with van der Waals surface area (Å²) in [5, 5.41) is 5.13. The molecule has 0 radical (unpaired) electrons. The second-order valence-electron chi connectivity index (χ2n) is 5.06. The minimum absolute atomic E-state index is 0.0864. The van der Waals surface area contributed by atoms with Gasteiger partial charge >= 0.3 is 0 Å². The maximum absolute atomic E-state index is 12.3. The Balaban J connectivity index is 1.75. The van der Waals surface area contributed by atoms with Crippen LogP contribution in [-0.2, 0) is 6.54 Å². The Labute approximate surface area is 129 Å². The van der Waals surface area contributed by atoms with Gasteiger partial charge in [-0.2, -0.15) is 0 Å². The van der Waals surface area contributed by atoms with E-state index in [0.717, 1.165) is 22.1 Å². The maximum Gasteiger partial charge on any atom is 0.251 e. The molecule has 3 aromatic rings. The van der Waals surface area contributed by atoms with Crippen LogP contribution in [0.3, 0.4) is 0 Å². The molecule has 0 unspecified atom stereocenters. The van der Waals surface area contributed by atoms with E-state index in [1.807, 2.05) is 66.7 Å².